The van der Waals surface area contributed by atoms with E-state index in [1.54, 1.807) is 23.1 Å². The van der Waals surface area contributed by atoms with E-state index in [1.807, 2.05) is 24.3 Å². The molecule has 0 spiro atoms. The Labute approximate surface area is 159 Å². The van der Waals surface area contributed by atoms with Crippen molar-refractivity contribution >= 4 is 11.6 Å². The maximum absolute atomic E-state index is 13.1. The molecule has 5 heteroatoms. The van der Waals surface area contributed by atoms with E-state index in [0.717, 1.165) is 43.8 Å². The number of aromatic hydroxyl groups is 1. The van der Waals surface area contributed by atoms with E-state index < -0.39 is 0 Å². The van der Waals surface area contributed by atoms with Gasteiger partial charge in [-0.3, -0.25) is 4.79 Å². The Morgan fingerprint density at radius 2 is 1.85 bits per heavy atom. The Balaban J connectivity index is 1.52. The van der Waals surface area contributed by atoms with E-state index in [4.69, 9.17) is 9.47 Å². The molecule has 1 fully saturated rings. The van der Waals surface area contributed by atoms with Crippen molar-refractivity contribution in [1.82, 2.24) is 0 Å². The molecule has 2 heterocycles. The zero-order valence-electron chi connectivity index (χ0n) is 15.6. The Kier molecular flexibility index (Phi) is 5.03. The molecule has 2 aliphatic rings. The summed E-state index contributed by atoms with van der Waals surface area (Å²) in [6.45, 7) is 4.20. The number of amides is 1. The van der Waals surface area contributed by atoms with Crippen molar-refractivity contribution in [2.24, 2.45) is 0 Å². The number of benzene rings is 2. The molecule has 2 aromatic carbocycles. The maximum Gasteiger partial charge on any atom is 0.258 e. The van der Waals surface area contributed by atoms with Gasteiger partial charge in [0.05, 0.1) is 18.9 Å². The standard InChI is InChI=1S/C22H25NO4/c1-15-9-12-23(21-19(15)3-2-4-20(21)24)22(25)16-5-7-17(8-6-16)27-18-10-13-26-14-11-18/h2-8,15,18,24H,9-14H2,1H3. The first kappa shape index (κ1) is 17.9. The van der Waals surface area contributed by atoms with Crippen molar-refractivity contribution in [2.75, 3.05) is 24.7 Å². The van der Waals surface area contributed by atoms with Gasteiger partial charge >= 0.3 is 0 Å². The number of carbonyl (C=O) groups excluding carboxylic acids is 1. The van der Waals surface area contributed by atoms with Crippen molar-refractivity contribution in [3.8, 4) is 11.5 Å². The number of hydrogen-bond acceptors (Lipinski definition) is 4. The highest BCUT2D eigenvalue weighted by Gasteiger charge is 2.29. The molecule has 1 amide bonds. The first-order chi connectivity index (χ1) is 13.1. The number of hydrogen-bond donors (Lipinski definition) is 1. The van der Waals surface area contributed by atoms with Crippen LogP contribution in [0.3, 0.4) is 0 Å². The highest BCUT2D eigenvalue weighted by molar-refractivity contribution is 6.07. The van der Waals surface area contributed by atoms with Crippen molar-refractivity contribution in [2.45, 2.75) is 38.2 Å². The van der Waals surface area contributed by atoms with Gasteiger partial charge in [-0.1, -0.05) is 19.1 Å². The van der Waals surface area contributed by atoms with Gasteiger partial charge in [-0.15, -0.1) is 0 Å². The summed E-state index contributed by atoms with van der Waals surface area (Å²) in [5.41, 5.74) is 2.26. The monoisotopic (exact) mass is 367 g/mol. The molecule has 0 saturated carbocycles. The summed E-state index contributed by atoms with van der Waals surface area (Å²) in [6, 6.07) is 12.8. The molecule has 0 radical (unpaired) electrons. The summed E-state index contributed by atoms with van der Waals surface area (Å²) in [6.07, 6.45) is 2.84. The quantitative estimate of drug-likeness (QED) is 0.887. The third kappa shape index (κ3) is 3.65. The van der Waals surface area contributed by atoms with E-state index in [2.05, 4.69) is 6.92 Å². The lowest BCUT2D eigenvalue weighted by molar-refractivity contribution is 0.0256. The van der Waals surface area contributed by atoms with Crippen LogP contribution in [-0.4, -0.2) is 36.9 Å². The molecule has 4 rings (SSSR count). The van der Waals surface area contributed by atoms with E-state index in [9.17, 15) is 9.90 Å². The predicted molar refractivity (Wildman–Crippen MR) is 104 cm³/mol. The van der Waals surface area contributed by atoms with Crippen molar-refractivity contribution in [3.63, 3.8) is 0 Å². The summed E-state index contributed by atoms with van der Waals surface area (Å²) in [5.74, 6) is 1.16. The molecule has 1 N–H and O–H groups in total. The molecule has 5 nitrogen and oxygen atoms in total. The highest BCUT2D eigenvalue weighted by atomic mass is 16.5. The fourth-order valence-corrected chi connectivity index (χ4v) is 3.85. The average Bonchev–Trinajstić information content (AvgIpc) is 2.70. The number of para-hydroxylation sites is 1. The number of fused-ring (bicyclic) bond motifs is 1. The van der Waals surface area contributed by atoms with Gasteiger partial charge in [0.1, 0.15) is 17.6 Å². The van der Waals surface area contributed by atoms with Gasteiger partial charge in [0.2, 0.25) is 0 Å². The first-order valence-corrected chi connectivity index (χ1v) is 9.61. The molecular formula is C22H25NO4. The van der Waals surface area contributed by atoms with Crippen LogP contribution in [0.4, 0.5) is 5.69 Å². The van der Waals surface area contributed by atoms with Gasteiger partial charge in [-0.25, -0.2) is 0 Å². The van der Waals surface area contributed by atoms with Gasteiger partial charge in [0, 0.05) is 24.9 Å². The fourth-order valence-electron chi connectivity index (χ4n) is 3.85. The van der Waals surface area contributed by atoms with E-state index >= 15 is 0 Å². The van der Waals surface area contributed by atoms with E-state index in [-0.39, 0.29) is 17.8 Å². The highest BCUT2D eigenvalue weighted by Crippen LogP contribution is 2.41. The Morgan fingerprint density at radius 3 is 2.59 bits per heavy atom. The topological polar surface area (TPSA) is 59.0 Å². The Morgan fingerprint density at radius 1 is 1.11 bits per heavy atom. The molecule has 142 valence electrons. The van der Waals surface area contributed by atoms with Gasteiger partial charge in [0.25, 0.3) is 5.91 Å². The maximum atomic E-state index is 13.1. The van der Waals surface area contributed by atoms with Gasteiger partial charge < -0.3 is 19.5 Å². The molecule has 0 bridgehead atoms. The molecule has 2 aromatic rings. The number of nitrogens with zero attached hydrogens (tertiary/aromatic N) is 1. The minimum Gasteiger partial charge on any atom is -0.506 e. The fraction of sp³-hybridized carbons (Fsp3) is 0.409. The minimum absolute atomic E-state index is 0.0951. The van der Waals surface area contributed by atoms with Crippen LogP contribution >= 0.6 is 0 Å². The van der Waals surface area contributed by atoms with E-state index in [1.165, 1.54) is 0 Å². The van der Waals surface area contributed by atoms with Crippen LogP contribution in [0, 0.1) is 0 Å². The van der Waals surface area contributed by atoms with Gasteiger partial charge in [-0.05, 0) is 48.2 Å². The average molecular weight is 367 g/mol. The summed E-state index contributed by atoms with van der Waals surface area (Å²) in [7, 11) is 0. The molecule has 0 aliphatic carbocycles. The van der Waals surface area contributed by atoms with Crippen LogP contribution in [0.15, 0.2) is 42.5 Å². The largest absolute Gasteiger partial charge is 0.506 e. The van der Waals surface area contributed by atoms with Crippen LogP contribution in [0.2, 0.25) is 0 Å². The molecule has 1 unspecified atom stereocenters. The Bertz CT molecular complexity index is 812. The lowest BCUT2D eigenvalue weighted by Gasteiger charge is -2.33. The first-order valence-electron chi connectivity index (χ1n) is 9.61. The predicted octanol–water partition coefficient (Wildman–Crippen LogP) is 4.10. The number of anilines is 1. The Hall–Kier alpha value is -2.53. The molecular weight excluding hydrogens is 342 g/mol. The molecule has 2 aliphatic heterocycles. The molecule has 1 saturated heterocycles. The summed E-state index contributed by atoms with van der Waals surface area (Å²) in [5, 5.41) is 10.3. The van der Waals surface area contributed by atoms with Crippen LogP contribution in [0.25, 0.3) is 0 Å². The zero-order chi connectivity index (χ0) is 18.8. The van der Waals surface area contributed by atoms with Crippen LogP contribution in [0.5, 0.6) is 11.5 Å². The van der Waals surface area contributed by atoms with Crippen LogP contribution in [-0.2, 0) is 4.74 Å². The second-order valence-corrected chi connectivity index (χ2v) is 7.32. The molecule has 0 aromatic heterocycles. The summed E-state index contributed by atoms with van der Waals surface area (Å²) in [4.78, 5) is 14.8. The normalized spacial score (nSPS) is 20.2. The number of phenols is 1. The SMILES string of the molecule is CC1CCN(C(=O)c2ccc(OC3CCOCC3)cc2)c2c(O)cccc21. The minimum atomic E-state index is -0.0951. The number of ether oxygens (including phenoxy) is 2. The lowest BCUT2D eigenvalue weighted by atomic mass is 9.90. The number of rotatable bonds is 3. The lowest BCUT2D eigenvalue weighted by Crippen LogP contribution is -2.36. The number of phenolic OH excluding ortho intramolecular Hbond substituents is 1. The second kappa shape index (κ2) is 7.61. The molecule has 1 atom stereocenters. The third-order valence-electron chi connectivity index (χ3n) is 5.45. The van der Waals surface area contributed by atoms with Crippen molar-refractivity contribution in [1.29, 1.82) is 0 Å². The van der Waals surface area contributed by atoms with E-state index in [0.29, 0.717) is 23.7 Å². The smallest absolute Gasteiger partial charge is 0.258 e. The second-order valence-electron chi connectivity index (χ2n) is 7.32. The summed E-state index contributed by atoms with van der Waals surface area (Å²) >= 11 is 0. The number of carbonyl (C=O) groups is 1. The summed E-state index contributed by atoms with van der Waals surface area (Å²) < 4.78 is 11.3. The van der Waals surface area contributed by atoms with Gasteiger partial charge in [-0.2, -0.15) is 0 Å². The van der Waals surface area contributed by atoms with Crippen LogP contribution < -0.4 is 9.64 Å². The van der Waals surface area contributed by atoms with Gasteiger partial charge in [0.15, 0.2) is 0 Å². The molecule has 27 heavy (non-hydrogen) atoms. The van der Waals surface area contributed by atoms with Crippen LogP contribution in [0.1, 0.15) is 48.0 Å². The third-order valence-corrected chi connectivity index (χ3v) is 5.45. The van der Waals surface area contributed by atoms with Crippen molar-refractivity contribution < 1.29 is 19.4 Å². The van der Waals surface area contributed by atoms with Crippen molar-refractivity contribution in [3.05, 3.63) is 53.6 Å². The zero-order valence-corrected chi connectivity index (χ0v) is 15.6.